The van der Waals surface area contributed by atoms with Crippen molar-refractivity contribution in [2.75, 3.05) is 25.5 Å². The van der Waals surface area contributed by atoms with Crippen molar-refractivity contribution in [3.05, 3.63) is 46.2 Å². The highest BCUT2D eigenvalue weighted by atomic mass is 32.1. The molecule has 2 aromatic rings. The molecule has 8 heteroatoms. The van der Waals surface area contributed by atoms with Gasteiger partial charge in [-0.1, -0.05) is 0 Å². The number of furan rings is 1. The Hall–Kier alpha value is -3.05. The Morgan fingerprint density at radius 1 is 1.52 bits per heavy atom. The molecule has 29 heavy (non-hydrogen) atoms. The van der Waals surface area contributed by atoms with E-state index < -0.39 is 0 Å². The van der Waals surface area contributed by atoms with Gasteiger partial charge in [-0.15, -0.1) is 11.3 Å². The lowest BCUT2D eigenvalue weighted by Gasteiger charge is -2.23. The Bertz CT molecular complexity index is 940. The zero-order chi connectivity index (χ0) is 20.8. The van der Waals surface area contributed by atoms with Gasteiger partial charge in [0.2, 0.25) is 5.91 Å². The van der Waals surface area contributed by atoms with Crippen LogP contribution in [0.4, 0.5) is 9.80 Å². The van der Waals surface area contributed by atoms with Crippen molar-refractivity contribution in [2.24, 2.45) is 5.92 Å². The molecule has 0 fully saturated rings. The Morgan fingerprint density at radius 3 is 3.03 bits per heavy atom. The molecule has 0 spiro atoms. The first-order chi connectivity index (χ1) is 14.0. The number of nitriles is 1. The summed E-state index contributed by atoms with van der Waals surface area (Å²) in [7, 11) is 1.70. The third-order valence-corrected chi connectivity index (χ3v) is 6.06. The summed E-state index contributed by atoms with van der Waals surface area (Å²) in [5, 5.41) is 13.0. The Kier molecular flexibility index (Phi) is 6.73. The minimum atomic E-state index is -0.321. The summed E-state index contributed by atoms with van der Waals surface area (Å²) in [6.07, 6.45) is 6.48. The molecule has 7 nitrogen and oxygen atoms in total. The number of rotatable bonds is 6. The van der Waals surface area contributed by atoms with E-state index in [0.29, 0.717) is 29.5 Å². The van der Waals surface area contributed by atoms with E-state index in [1.54, 1.807) is 25.3 Å². The van der Waals surface area contributed by atoms with Crippen LogP contribution in [0.15, 0.2) is 28.9 Å². The second-order valence-electron chi connectivity index (χ2n) is 6.86. The summed E-state index contributed by atoms with van der Waals surface area (Å²) in [5.41, 5.74) is 1.53. The number of carbonyl (C=O) groups is 2. The maximum atomic E-state index is 12.2. The molecule has 0 saturated carbocycles. The van der Waals surface area contributed by atoms with Gasteiger partial charge in [0.15, 0.2) is 0 Å². The lowest BCUT2D eigenvalue weighted by Crippen LogP contribution is -2.29. The summed E-state index contributed by atoms with van der Waals surface area (Å²) in [6, 6.07) is 5.72. The zero-order valence-corrected chi connectivity index (χ0v) is 17.3. The van der Waals surface area contributed by atoms with Crippen molar-refractivity contribution in [1.29, 1.82) is 5.26 Å². The van der Waals surface area contributed by atoms with Gasteiger partial charge in [0.05, 0.1) is 18.4 Å². The maximum absolute atomic E-state index is 12.2. The van der Waals surface area contributed by atoms with Gasteiger partial charge in [0.25, 0.3) is 0 Å². The fourth-order valence-corrected chi connectivity index (χ4v) is 4.44. The highest BCUT2D eigenvalue weighted by Gasteiger charge is 2.27. The largest absolute Gasteiger partial charge is 0.465 e. The third-order valence-electron chi connectivity index (χ3n) is 4.89. The summed E-state index contributed by atoms with van der Waals surface area (Å²) >= 11 is 1.42. The molecule has 0 aromatic carbocycles. The topological polar surface area (TPSA) is 95.6 Å². The molecule has 0 radical (unpaired) electrons. The molecular weight excluding hydrogens is 390 g/mol. The van der Waals surface area contributed by atoms with Crippen molar-refractivity contribution in [3.8, 4) is 6.07 Å². The molecule has 0 bridgehead atoms. The first-order valence-corrected chi connectivity index (χ1v) is 10.3. The van der Waals surface area contributed by atoms with Gasteiger partial charge in [0, 0.05) is 24.5 Å². The second-order valence-corrected chi connectivity index (χ2v) is 7.96. The van der Waals surface area contributed by atoms with Crippen LogP contribution in [0.3, 0.4) is 0 Å². The van der Waals surface area contributed by atoms with Crippen molar-refractivity contribution in [1.82, 2.24) is 4.90 Å². The van der Waals surface area contributed by atoms with Crippen LogP contribution < -0.4 is 5.32 Å². The number of anilines is 1. The van der Waals surface area contributed by atoms with Crippen LogP contribution in [0.2, 0.25) is 0 Å². The number of thiophene rings is 1. The molecule has 2 amide bonds. The Balaban J connectivity index is 1.64. The molecule has 1 N–H and O–H groups in total. The number of hydrogen-bond donors (Lipinski definition) is 1. The molecule has 152 valence electrons. The van der Waals surface area contributed by atoms with Crippen molar-refractivity contribution in [2.45, 2.75) is 26.2 Å². The van der Waals surface area contributed by atoms with E-state index >= 15 is 0 Å². The van der Waals surface area contributed by atoms with E-state index in [1.165, 1.54) is 28.6 Å². The van der Waals surface area contributed by atoms with Gasteiger partial charge in [-0.05, 0) is 55.9 Å². The van der Waals surface area contributed by atoms with Gasteiger partial charge in [-0.3, -0.25) is 4.79 Å². The average Bonchev–Trinajstić information content (AvgIpc) is 3.36. The van der Waals surface area contributed by atoms with Gasteiger partial charge in [-0.2, -0.15) is 5.26 Å². The Labute approximate surface area is 173 Å². The normalized spacial score (nSPS) is 15.6. The van der Waals surface area contributed by atoms with Gasteiger partial charge < -0.3 is 19.4 Å². The van der Waals surface area contributed by atoms with Crippen LogP contribution in [0.5, 0.6) is 0 Å². The molecular formula is C21H23N3O4S. The number of nitrogens with zero attached hydrogens (tertiary/aromatic N) is 2. The van der Waals surface area contributed by atoms with E-state index in [9.17, 15) is 14.9 Å². The van der Waals surface area contributed by atoms with E-state index in [-0.39, 0.29) is 17.9 Å². The molecule has 2 aromatic heterocycles. The quantitative estimate of drug-likeness (QED) is 0.721. The maximum Gasteiger partial charge on any atom is 0.409 e. The minimum absolute atomic E-state index is 0.212. The number of hydrogen-bond acceptors (Lipinski definition) is 6. The summed E-state index contributed by atoms with van der Waals surface area (Å²) in [4.78, 5) is 26.7. The van der Waals surface area contributed by atoms with Crippen LogP contribution in [0.1, 0.15) is 35.1 Å². The Morgan fingerprint density at radius 2 is 2.34 bits per heavy atom. The molecule has 1 atom stereocenters. The van der Waals surface area contributed by atoms with Crippen LogP contribution in [0, 0.1) is 17.2 Å². The van der Waals surface area contributed by atoms with Crippen molar-refractivity contribution in [3.63, 3.8) is 0 Å². The van der Waals surface area contributed by atoms with Crippen LogP contribution >= 0.6 is 11.3 Å². The lowest BCUT2D eigenvalue weighted by molar-refractivity contribution is -0.111. The number of fused-ring (bicyclic) bond motifs is 1. The van der Waals surface area contributed by atoms with E-state index in [0.717, 1.165) is 29.7 Å². The number of amides is 2. The van der Waals surface area contributed by atoms with Crippen molar-refractivity contribution < 1.29 is 18.7 Å². The van der Waals surface area contributed by atoms with Gasteiger partial charge in [-0.25, -0.2) is 4.79 Å². The highest BCUT2D eigenvalue weighted by Crippen LogP contribution is 2.39. The summed E-state index contributed by atoms with van der Waals surface area (Å²) < 4.78 is 10.5. The molecule has 0 saturated heterocycles. The highest BCUT2D eigenvalue weighted by molar-refractivity contribution is 7.16. The van der Waals surface area contributed by atoms with Crippen LogP contribution in [0.25, 0.3) is 6.08 Å². The summed E-state index contributed by atoms with van der Waals surface area (Å²) in [6.45, 7) is 2.85. The number of ether oxygens (including phenoxy) is 1. The lowest BCUT2D eigenvalue weighted by atomic mass is 9.88. The first-order valence-electron chi connectivity index (χ1n) is 9.46. The fraction of sp³-hybridized carbons (Fsp3) is 0.381. The predicted octanol–water partition coefficient (Wildman–Crippen LogP) is 4.06. The van der Waals surface area contributed by atoms with E-state index in [1.807, 2.05) is 6.92 Å². The van der Waals surface area contributed by atoms with Gasteiger partial charge in [0.1, 0.15) is 16.8 Å². The molecule has 2 heterocycles. The third kappa shape index (κ3) is 5.06. The van der Waals surface area contributed by atoms with E-state index in [4.69, 9.17) is 9.15 Å². The second kappa shape index (κ2) is 9.43. The first kappa shape index (κ1) is 20.7. The number of nitrogens with one attached hydrogen (secondary N) is 1. The van der Waals surface area contributed by atoms with Gasteiger partial charge >= 0.3 is 6.09 Å². The monoisotopic (exact) mass is 413 g/mol. The van der Waals surface area contributed by atoms with Crippen molar-refractivity contribution >= 4 is 34.4 Å². The summed E-state index contributed by atoms with van der Waals surface area (Å²) in [5.74, 6) is 0.478. The smallest absolute Gasteiger partial charge is 0.409 e. The average molecular weight is 413 g/mol. The molecule has 0 aliphatic heterocycles. The zero-order valence-electron chi connectivity index (χ0n) is 16.4. The molecule has 1 unspecified atom stereocenters. The van der Waals surface area contributed by atoms with Crippen LogP contribution in [-0.2, 0) is 22.4 Å². The predicted molar refractivity (Wildman–Crippen MR) is 111 cm³/mol. The number of carbonyl (C=O) groups excluding carboxylic acids is 2. The standard InChI is InChI=1S/C21H23N3O4S/c1-3-24(2)21(26)28-13-14-6-8-16-17(12-22)20(29-18(16)11-14)23-19(25)9-7-15-5-4-10-27-15/h4-5,7,9-10,14H,3,6,8,11,13H2,1-2H3,(H,23,25). The van der Waals surface area contributed by atoms with E-state index in [2.05, 4.69) is 11.4 Å². The fourth-order valence-electron chi connectivity index (χ4n) is 3.13. The SMILES string of the molecule is CCN(C)C(=O)OCC1CCc2c(sc(NC(=O)C=Cc3ccco3)c2C#N)C1. The minimum Gasteiger partial charge on any atom is -0.465 e. The molecule has 1 aliphatic carbocycles. The molecule has 3 rings (SSSR count). The molecule has 1 aliphatic rings. The van der Waals surface area contributed by atoms with Crippen LogP contribution in [-0.4, -0.2) is 37.1 Å².